The molecule has 0 nitrogen and oxygen atoms in total. The van der Waals surface area contributed by atoms with Gasteiger partial charge in [-0.05, 0) is 0 Å². The first-order valence-electron chi connectivity index (χ1n) is 2.71. The molecule has 0 atom stereocenters. The van der Waals surface area contributed by atoms with E-state index in [1.54, 1.807) is 5.92 Å². The maximum atomic E-state index is 2.26. The van der Waals surface area contributed by atoms with Gasteiger partial charge in [-0.3, -0.25) is 0 Å². The van der Waals surface area contributed by atoms with E-state index in [-0.39, 0.29) is 24.5 Å². The second-order valence-electron chi connectivity index (χ2n) is 2.16. The first-order chi connectivity index (χ1) is 2.89. The molecule has 0 radical (unpaired) electrons. The Balaban J connectivity index is 0. The quantitative estimate of drug-likeness (QED) is 0.371. The van der Waals surface area contributed by atoms with Crippen LogP contribution < -0.4 is 0 Å². The standard InChI is InChI=1S/C6H11.CH3.Fe/c1-6-4-2-3-5-6;;/h2-5H2,1H3;1H3;/q2*-1;+2. The van der Waals surface area contributed by atoms with Gasteiger partial charge in [0.1, 0.15) is 0 Å². The molecular formula is C7H14Fe. The Kier molecular flexibility index (Phi) is 8.01. The van der Waals surface area contributed by atoms with Crippen LogP contribution in [0.1, 0.15) is 32.6 Å². The van der Waals surface area contributed by atoms with Gasteiger partial charge in [-0.1, -0.05) is 12.8 Å². The maximum Gasteiger partial charge on any atom is 2.00 e. The zero-order valence-corrected chi connectivity index (χ0v) is 6.79. The van der Waals surface area contributed by atoms with Gasteiger partial charge >= 0.3 is 17.1 Å². The summed E-state index contributed by atoms with van der Waals surface area (Å²) < 4.78 is 0. The van der Waals surface area contributed by atoms with Crippen molar-refractivity contribution in [2.24, 2.45) is 0 Å². The smallest absolute Gasteiger partial charge is 0.358 e. The Labute approximate surface area is 63.5 Å². The SMILES string of the molecule is C[C-]1CCCC1.[CH3-].[Fe+2]. The van der Waals surface area contributed by atoms with Crippen molar-refractivity contribution < 1.29 is 17.1 Å². The monoisotopic (exact) mass is 154 g/mol. The fraction of sp³-hybridized carbons (Fsp3) is 0.714. The molecule has 0 saturated heterocycles. The molecule has 50 valence electrons. The molecule has 1 aliphatic rings. The summed E-state index contributed by atoms with van der Waals surface area (Å²) in [4.78, 5) is 0. The van der Waals surface area contributed by atoms with Crippen molar-refractivity contribution in [1.29, 1.82) is 0 Å². The zero-order valence-electron chi connectivity index (χ0n) is 5.68. The van der Waals surface area contributed by atoms with Crippen LogP contribution in [0.3, 0.4) is 0 Å². The summed E-state index contributed by atoms with van der Waals surface area (Å²) in [5, 5.41) is 0. The summed E-state index contributed by atoms with van der Waals surface area (Å²) in [5.41, 5.74) is 0. The zero-order chi connectivity index (χ0) is 4.41. The van der Waals surface area contributed by atoms with Crippen LogP contribution in [-0.4, -0.2) is 0 Å². The molecule has 0 aromatic rings. The van der Waals surface area contributed by atoms with Gasteiger partial charge in [-0.2, -0.15) is 19.8 Å². The summed E-state index contributed by atoms with van der Waals surface area (Å²) in [6, 6.07) is 0. The van der Waals surface area contributed by atoms with Crippen molar-refractivity contribution >= 4 is 0 Å². The van der Waals surface area contributed by atoms with Gasteiger partial charge in [0.05, 0.1) is 0 Å². The molecule has 1 saturated carbocycles. The fourth-order valence-corrected chi connectivity index (χ4v) is 0.979. The first-order valence-corrected chi connectivity index (χ1v) is 2.71. The molecule has 0 amide bonds. The molecule has 8 heavy (non-hydrogen) atoms. The van der Waals surface area contributed by atoms with Gasteiger partial charge in [-0.25, -0.2) is 0 Å². The van der Waals surface area contributed by atoms with E-state index in [4.69, 9.17) is 0 Å². The van der Waals surface area contributed by atoms with Gasteiger partial charge in [0.25, 0.3) is 0 Å². The first kappa shape index (κ1) is 11.3. The Morgan fingerprint density at radius 1 is 1.12 bits per heavy atom. The van der Waals surface area contributed by atoms with Gasteiger partial charge in [0.15, 0.2) is 0 Å². The van der Waals surface area contributed by atoms with Crippen LogP contribution in [0.2, 0.25) is 0 Å². The average Bonchev–Trinajstić information content (AvgIpc) is 1.86. The van der Waals surface area contributed by atoms with E-state index in [2.05, 4.69) is 6.92 Å². The van der Waals surface area contributed by atoms with E-state index in [0.29, 0.717) is 0 Å². The van der Waals surface area contributed by atoms with Crippen molar-refractivity contribution in [3.63, 3.8) is 0 Å². The van der Waals surface area contributed by atoms with Crippen LogP contribution in [0.5, 0.6) is 0 Å². The summed E-state index contributed by atoms with van der Waals surface area (Å²) >= 11 is 0. The van der Waals surface area contributed by atoms with Crippen molar-refractivity contribution in [2.75, 3.05) is 0 Å². The van der Waals surface area contributed by atoms with Crippen molar-refractivity contribution in [3.05, 3.63) is 13.3 Å². The topological polar surface area (TPSA) is 0 Å². The fourth-order valence-electron chi connectivity index (χ4n) is 0.979. The van der Waals surface area contributed by atoms with Gasteiger partial charge in [-0.15, -0.1) is 0 Å². The van der Waals surface area contributed by atoms with Crippen LogP contribution in [0, 0.1) is 13.3 Å². The van der Waals surface area contributed by atoms with E-state index in [1.807, 2.05) is 0 Å². The van der Waals surface area contributed by atoms with Crippen LogP contribution in [0.4, 0.5) is 0 Å². The van der Waals surface area contributed by atoms with Gasteiger partial charge in [0, 0.05) is 0 Å². The van der Waals surface area contributed by atoms with E-state index < -0.39 is 0 Å². The minimum atomic E-state index is 0. The summed E-state index contributed by atoms with van der Waals surface area (Å²) in [5.74, 6) is 1.70. The predicted molar refractivity (Wildman–Crippen MR) is 33.8 cm³/mol. The predicted octanol–water partition coefficient (Wildman–Crippen LogP) is 2.60. The molecule has 1 fully saturated rings. The molecule has 0 spiro atoms. The Bertz CT molecular complexity index is 37.7. The van der Waals surface area contributed by atoms with E-state index in [1.165, 1.54) is 25.7 Å². The normalized spacial score (nSPS) is 19.1. The molecular weight excluding hydrogens is 140 g/mol. The molecule has 1 aliphatic carbocycles. The molecule has 0 aliphatic heterocycles. The number of hydrogen-bond acceptors (Lipinski definition) is 0. The molecule has 0 unspecified atom stereocenters. The number of hydrogen-bond donors (Lipinski definition) is 0. The molecule has 0 aromatic carbocycles. The van der Waals surface area contributed by atoms with Crippen molar-refractivity contribution in [2.45, 2.75) is 32.6 Å². The molecule has 1 heteroatoms. The van der Waals surface area contributed by atoms with E-state index in [0.717, 1.165) is 0 Å². The minimum Gasteiger partial charge on any atom is -0.358 e. The Morgan fingerprint density at radius 2 is 1.50 bits per heavy atom. The van der Waals surface area contributed by atoms with Crippen LogP contribution in [0.15, 0.2) is 0 Å². The second kappa shape index (κ2) is 5.65. The molecule has 1 rings (SSSR count). The Hall–Kier alpha value is 0.519. The second-order valence-corrected chi connectivity index (χ2v) is 2.16. The van der Waals surface area contributed by atoms with Gasteiger partial charge < -0.3 is 13.3 Å². The average molecular weight is 154 g/mol. The Morgan fingerprint density at radius 3 is 1.62 bits per heavy atom. The summed E-state index contributed by atoms with van der Waals surface area (Å²) in [6.45, 7) is 2.26. The third-order valence-corrected chi connectivity index (χ3v) is 1.46. The summed E-state index contributed by atoms with van der Waals surface area (Å²) in [7, 11) is 0. The van der Waals surface area contributed by atoms with Crippen molar-refractivity contribution in [1.82, 2.24) is 0 Å². The summed E-state index contributed by atoms with van der Waals surface area (Å²) in [6.07, 6.45) is 5.71. The number of rotatable bonds is 0. The molecule has 0 N–H and O–H groups in total. The maximum absolute atomic E-state index is 2.26. The van der Waals surface area contributed by atoms with Crippen molar-refractivity contribution in [3.8, 4) is 0 Å². The molecule has 0 bridgehead atoms. The third-order valence-electron chi connectivity index (χ3n) is 1.46. The van der Waals surface area contributed by atoms with E-state index >= 15 is 0 Å². The molecule has 0 aromatic heterocycles. The van der Waals surface area contributed by atoms with E-state index in [9.17, 15) is 0 Å². The largest absolute Gasteiger partial charge is 2.00 e. The third kappa shape index (κ3) is 3.51. The van der Waals surface area contributed by atoms with Crippen LogP contribution in [-0.2, 0) is 17.1 Å². The van der Waals surface area contributed by atoms with Gasteiger partial charge in [0.2, 0.25) is 0 Å². The van der Waals surface area contributed by atoms with Crippen LogP contribution >= 0.6 is 0 Å². The van der Waals surface area contributed by atoms with Crippen LogP contribution in [0.25, 0.3) is 0 Å². The molecule has 0 heterocycles. The minimum absolute atomic E-state index is 0.